The molecule has 1 aromatic rings. The number of hydrogen-bond acceptors (Lipinski definition) is 5. The summed E-state index contributed by atoms with van der Waals surface area (Å²) in [6.45, 7) is 4.39. The molecule has 0 N–H and O–H groups in total. The van der Waals surface area contributed by atoms with Crippen LogP contribution in [0.15, 0.2) is 28.9 Å². The molecular formula is C19H22N2O4. The predicted octanol–water partition coefficient (Wildman–Crippen LogP) is 3.17. The fourth-order valence-electron chi connectivity index (χ4n) is 3.03. The van der Waals surface area contributed by atoms with E-state index in [4.69, 9.17) is 9.47 Å². The van der Waals surface area contributed by atoms with Gasteiger partial charge in [-0.15, -0.1) is 0 Å². The van der Waals surface area contributed by atoms with Gasteiger partial charge in [-0.3, -0.25) is 14.5 Å². The van der Waals surface area contributed by atoms with Crippen molar-refractivity contribution in [3.05, 3.63) is 29.5 Å². The zero-order valence-electron chi connectivity index (χ0n) is 14.6. The summed E-state index contributed by atoms with van der Waals surface area (Å²) in [5.41, 5.74) is 1.23. The van der Waals surface area contributed by atoms with Crippen LogP contribution >= 0.6 is 0 Å². The lowest BCUT2D eigenvalue weighted by Gasteiger charge is -2.14. The van der Waals surface area contributed by atoms with E-state index in [0.717, 1.165) is 43.6 Å². The molecule has 25 heavy (non-hydrogen) atoms. The van der Waals surface area contributed by atoms with Crippen molar-refractivity contribution in [2.45, 2.75) is 39.5 Å². The van der Waals surface area contributed by atoms with Crippen molar-refractivity contribution < 1.29 is 19.1 Å². The summed E-state index contributed by atoms with van der Waals surface area (Å²) in [6.07, 6.45) is 5.82. The smallest absolute Gasteiger partial charge is 0.308 e. The molecule has 0 atom stereocenters. The summed E-state index contributed by atoms with van der Waals surface area (Å²) in [7, 11) is 0. The Morgan fingerprint density at radius 2 is 2.12 bits per heavy atom. The highest BCUT2D eigenvalue weighted by Crippen LogP contribution is 2.31. The van der Waals surface area contributed by atoms with E-state index in [9.17, 15) is 9.59 Å². The van der Waals surface area contributed by atoms with E-state index in [1.54, 1.807) is 29.2 Å². The van der Waals surface area contributed by atoms with Crippen LogP contribution in [-0.2, 0) is 9.59 Å². The standard InChI is InChI=1S/C19H22N2O4/c1-3-24-17-12-14(8-9-16(17)25-13(2)22)11-15-19(23)21-10-6-4-5-7-18(21)20-15/h8-9,11-12H,3-7,10H2,1-2H3. The number of benzene rings is 1. The van der Waals surface area contributed by atoms with Crippen LogP contribution in [0, 0.1) is 0 Å². The minimum atomic E-state index is -0.405. The summed E-state index contributed by atoms with van der Waals surface area (Å²) in [4.78, 5) is 30.1. The van der Waals surface area contributed by atoms with Crippen LogP contribution in [0.5, 0.6) is 11.5 Å². The van der Waals surface area contributed by atoms with Gasteiger partial charge in [0.15, 0.2) is 11.5 Å². The molecule has 0 unspecified atom stereocenters. The molecule has 0 aromatic heterocycles. The van der Waals surface area contributed by atoms with Crippen molar-refractivity contribution in [2.24, 2.45) is 4.99 Å². The number of ether oxygens (including phenoxy) is 2. The molecule has 1 aromatic carbocycles. The lowest BCUT2D eigenvalue weighted by Crippen LogP contribution is -2.31. The van der Waals surface area contributed by atoms with Crippen LogP contribution in [0.1, 0.15) is 45.1 Å². The zero-order chi connectivity index (χ0) is 17.8. The molecule has 6 nitrogen and oxygen atoms in total. The second kappa shape index (κ2) is 7.51. The van der Waals surface area contributed by atoms with E-state index in [2.05, 4.69) is 4.99 Å². The highest BCUT2D eigenvalue weighted by molar-refractivity contribution is 6.14. The van der Waals surface area contributed by atoms with Gasteiger partial charge in [-0.05, 0) is 43.5 Å². The van der Waals surface area contributed by atoms with Crippen LogP contribution < -0.4 is 9.47 Å². The summed E-state index contributed by atoms with van der Waals surface area (Å²) < 4.78 is 10.7. The Hall–Kier alpha value is -2.63. The van der Waals surface area contributed by atoms with Gasteiger partial charge in [-0.2, -0.15) is 0 Å². The topological polar surface area (TPSA) is 68.2 Å². The molecule has 0 radical (unpaired) electrons. The first-order valence-electron chi connectivity index (χ1n) is 8.65. The Kier molecular flexibility index (Phi) is 5.16. The largest absolute Gasteiger partial charge is 0.490 e. The number of fused-ring (bicyclic) bond motifs is 1. The van der Waals surface area contributed by atoms with Gasteiger partial charge >= 0.3 is 5.97 Å². The van der Waals surface area contributed by atoms with Gasteiger partial charge in [0.2, 0.25) is 0 Å². The Morgan fingerprint density at radius 3 is 2.88 bits per heavy atom. The van der Waals surface area contributed by atoms with Gasteiger partial charge in [-0.25, -0.2) is 4.99 Å². The van der Waals surface area contributed by atoms with Crippen LogP contribution in [0.4, 0.5) is 0 Å². The van der Waals surface area contributed by atoms with Gasteiger partial charge in [0, 0.05) is 19.9 Å². The number of aliphatic imine (C=N–C) groups is 1. The van der Waals surface area contributed by atoms with E-state index in [0.29, 0.717) is 23.8 Å². The first-order valence-corrected chi connectivity index (χ1v) is 8.65. The van der Waals surface area contributed by atoms with Gasteiger partial charge < -0.3 is 9.47 Å². The average molecular weight is 342 g/mol. The Balaban J connectivity index is 1.89. The van der Waals surface area contributed by atoms with Crippen molar-refractivity contribution in [2.75, 3.05) is 13.2 Å². The van der Waals surface area contributed by atoms with Crippen molar-refractivity contribution in [1.82, 2.24) is 4.90 Å². The zero-order valence-corrected chi connectivity index (χ0v) is 14.6. The molecule has 3 rings (SSSR count). The van der Waals surface area contributed by atoms with E-state index >= 15 is 0 Å². The minimum Gasteiger partial charge on any atom is -0.490 e. The maximum Gasteiger partial charge on any atom is 0.308 e. The normalized spacial score (nSPS) is 18.6. The summed E-state index contributed by atoms with van der Waals surface area (Å²) in [5, 5.41) is 0. The van der Waals surface area contributed by atoms with Crippen LogP contribution in [0.25, 0.3) is 6.08 Å². The molecule has 0 aliphatic carbocycles. The first kappa shape index (κ1) is 17.2. The summed E-state index contributed by atoms with van der Waals surface area (Å²) >= 11 is 0. The summed E-state index contributed by atoms with van der Waals surface area (Å²) in [5.74, 6) is 1.26. The average Bonchev–Trinajstić information content (AvgIpc) is 2.75. The molecule has 1 amide bonds. The second-order valence-corrected chi connectivity index (χ2v) is 6.06. The molecule has 2 aliphatic heterocycles. The number of carbonyl (C=O) groups is 2. The van der Waals surface area contributed by atoms with E-state index in [-0.39, 0.29) is 5.91 Å². The molecule has 2 heterocycles. The number of nitrogens with zero attached hydrogens (tertiary/aromatic N) is 2. The first-order chi connectivity index (χ1) is 12.1. The van der Waals surface area contributed by atoms with Crippen LogP contribution in [-0.4, -0.2) is 35.8 Å². The molecular weight excluding hydrogens is 320 g/mol. The fourth-order valence-corrected chi connectivity index (χ4v) is 3.03. The van der Waals surface area contributed by atoms with Gasteiger partial charge in [0.25, 0.3) is 5.91 Å². The Labute approximate surface area is 147 Å². The van der Waals surface area contributed by atoms with Gasteiger partial charge in [-0.1, -0.05) is 12.5 Å². The van der Waals surface area contributed by atoms with Gasteiger partial charge in [0.1, 0.15) is 11.5 Å². The quantitative estimate of drug-likeness (QED) is 0.479. The molecule has 0 spiro atoms. The lowest BCUT2D eigenvalue weighted by atomic mass is 10.1. The van der Waals surface area contributed by atoms with Gasteiger partial charge in [0.05, 0.1) is 6.61 Å². The fraction of sp³-hybridized carbons (Fsp3) is 0.421. The maximum absolute atomic E-state index is 12.6. The lowest BCUT2D eigenvalue weighted by molar-refractivity contribution is -0.132. The second-order valence-electron chi connectivity index (χ2n) is 6.06. The highest BCUT2D eigenvalue weighted by Gasteiger charge is 2.30. The molecule has 0 saturated carbocycles. The van der Waals surface area contributed by atoms with E-state index < -0.39 is 5.97 Å². The van der Waals surface area contributed by atoms with Crippen LogP contribution in [0.2, 0.25) is 0 Å². The van der Waals surface area contributed by atoms with E-state index in [1.807, 2.05) is 6.92 Å². The summed E-state index contributed by atoms with van der Waals surface area (Å²) in [6, 6.07) is 5.21. The molecule has 2 aliphatic rings. The number of hydrogen-bond donors (Lipinski definition) is 0. The van der Waals surface area contributed by atoms with Crippen LogP contribution in [0.3, 0.4) is 0 Å². The predicted molar refractivity (Wildman–Crippen MR) is 94.5 cm³/mol. The maximum atomic E-state index is 12.6. The Morgan fingerprint density at radius 1 is 1.28 bits per heavy atom. The number of carbonyl (C=O) groups excluding carboxylic acids is 2. The Bertz CT molecular complexity index is 752. The monoisotopic (exact) mass is 342 g/mol. The highest BCUT2D eigenvalue weighted by atomic mass is 16.6. The number of esters is 1. The number of amidine groups is 1. The molecule has 132 valence electrons. The van der Waals surface area contributed by atoms with Crippen molar-refractivity contribution in [1.29, 1.82) is 0 Å². The molecule has 1 saturated heterocycles. The van der Waals surface area contributed by atoms with Crippen molar-refractivity contribution in [3.8, 4) is 11.5 Å². The molecule has 1 fully saturated rings. The third kappa shape index (κ3) is 3.90. The van der Waals surface area contributed by atoms with Crippen molar-refractivity contribution >= 4 is 23.8 Å². The SMILES string of the molecule is CCOc1cc(C=C2N=C3CCCCCN3C2=O)ccc1OC(C)=O. The van der Waals surface area contributed by atoms with Crippen molar-refractivity contribution in [3.63, 3.8) is 0 Å². The minimum absolute atomic E-state index is 0.0427. The van der Waals surface area contributed by atoms with E-state index in [1.165, 1.54) is 6.92 Å². The number of amides is 1. The third-order valence-corrected chi connectivity index (χ3v) is 4.13. The molecule has 6 heteroatoms. The molecule has 0 bridgehead atoms. The number of rotatable bonds is 4. The third-order valence-electron chi connectivity index (χ3n) is 4.13.